The van der Waals surface area contributed by atoms with E-state index < -0.39 is 4.92 Å². The van der Waals surface area contributed by atoms with E-state index in [0.29, 0.717) is 12.2 Å². The number of benzene rings is 1. The first-order chi connectivity index (χ1) is 9.65. The number of non-ortho nitro benzene ring substituents is 1. The van der Waals surface area contributed by atoms with Gasteiger partial charge in [0.05, 0.1) is 11.0 Å². The van der Waals surface area contributed by atoms with Gasteiger partial charge in [0.1, 0.15) is 0 Å². The second kappa shape index (κ2) is 6.85. The molecule has 0 aliphatic carbocycles. The minimum absolute atomic E-state index is 0.0536. The normalized spacial score (nSPS) is 17.7. The molecule has 7 heteroatoms. The smallest absolute Gasteiger partial charge is 0.319 e. The van der Waals surface area contributed by atoms with Crippen LogP contribution in [0.25, 0.3) is 0 Å². The SMILES string of the molecule is O=C(NCC[C@@H]1CCCO1)Nc1cccc([N+](=O)[O-])c1. The van der Waals surface area contributed by atoms with Gasteiger partial charge in [0.25, 0.3) is 5.69 Å². The number of nitrogens with zero attached hydrogens (tertiary/aromatic N) is 1. The summed E-state index contributed by atoms with van der Waals surface area (Å²) < 4.78 is 5.45. The molecule has 2 amide bonds. The summed E-state index contributed by atoms with van der Waals surface area (Å²) in [4.78, 5) is 21.8. The highest BCUT2D eigenvalue weighted by molar-refractivity contribution is 5.89. The predicted octanol–water partition coefficient (Wildman–Crippen LogP) is 2.29. The minimum Gasteiger partial charge on any atom is -0.378 e. The molecule has 1 atom stereocenters. The summed E-state index contributed by atoms with van der Waals surface area (Å²) in [5.41, 5.74) is 0.343. The Morgan fingerprint density at radius 1 is 1.50 bits per heavy atom. The van der Waals surface area contributed by atoms with Crippen molar-refractivity contribution in [3.8, 4) is 0 Å². The largest absolute Gasteiger partial charge is 0.378 e. The molecule has 1 heterocycles. The van der Waals surface area contributed by atoms with Crippen molar-refractivity contribution in [1.82, 2.24) is 5.32 Å². The zero-order valence-electron chi connectivity index (χ0n) is 11.0. The number of rotatable bonds is 5. The van der Waals surface area contributed by atoms with Gasteiger partial charge in [-0.3, -0.25) is 10.1 Å². The van der Waals surface area contributed by atoms with Crippen molar-refractivity contribution in [2.75, 3.05) is 18.5 Å². The van der Waals surface area contributed by atoms with Crippen LogP contribution in [-0.4, -0.2) is 30.2 Å². The number of urea groups is 1. The highest BCUT2D eigenvalue weighted by Crippen LogP contribution is 2.17. The molecule has 1 saturated heterocycles. The molecule has 0 spiro atoms. The van der Waals surface area contributed by atoms with Crippen LogP contribution in [0.1, 0.15) is 19.3 Å². The van der Waals surface area contributed by atoms with Crippen LogP contribution in [0.15, 0.2) is 24.3 Å². The van der Waals surface area contributed by atoms with Crippen LogP contribution in [-0.2, 0) is 4.74 Å². The summed E-state index contributed by atoms with van der Waals surface area (Å²) in [5, 5.41) is 15.9. The van der Waals surface area contributed by atoms with Crippen LogP contribution < -0.4 is 10.6 Å². The molecule has 2 N–H and O–H groups in total. The predicted molar refractivity (Wildman–Crippen MR) is 73.7 cm³/mol. The topological polar surface area (TPSA) is 93.5 Å². The summed E-state index contributed by atoms with van der Waals surface area (Å²) in [5.74, 6) is 0. The van der Waals surface area contributed by atoms with E-state index >= 15 is 0 Å². The zero-order chi connectivity index (χ0) is 14.4. The molecular formula is C13H17N3O4. The molecule has 0 aromatic heterocycles. The number of carbonyl (C=O) groups excluding carboxylic acids is 1. The first-order valence-electron chi connectivity index (χ1n) is 6.56. The van der Waals surface area contributed by atoms with E-state index in [2.05, 4.69) is 10.6 Å². The van der Waals surface area contributed by atoms with Crippen LogP contribution in [0.3, 0.4) is 0 Å². The lowest BCUT2D eigenvalue weighted by atomic mass is 10.2. The summed E-state index contributed by atoms with van der Waals surface area (Å²) in [6.07, 6.45) is 3.12. The summed E-state index contributed by atoms with van der Waals surface area (Å²) in [7, 11) is 0. The lowest BCUT2D eigenvalue weighted by Crippen LogP contribution is -2.31. The average molecular weight is 279 g/mol. The highest BCUT2D eigenvalue weighted by atomic mass is 16.6. The van der Waals surface area contributed by atoms with Gasteiger partial charge in [-0.15, -0.1) is 0 Å². The molecule has 108 valence electrons. The maximum atomic E-state index is 11.6. The highest BCUT2D eigenvalue weighted by Gasteiger charge is 2.15. The van der Waals surface area contributed by atoms with Gasteiger partial charge in [-0.25, -0.2) is 4.79 Å². The van der Waals surface area contributed by atoms with Gasteiger partial charge < -0.3 is 15.4 Å². The molecule has 2 rings (SSSR count). The number of anilines is 1. The van der Waals surface area contributed by atoms with Crippen LogP contribution in [0.4, 0.5) is 16.2 Å². The summed E-state index contributed by atoms with van der Waals surface area (Å²) in [6.45, 7) is 1.32. The lowest BCUT2D eigenvalue weighted by Gasteiger charge is -2.10. The van der Waals surface area contributed by atoms with Crippen molar-refractivity contribution >= 4 is 17.4 Å². The van der Waals surface area contributed by atoms with Gasteiger partial charge in [0, 0.05) is 31.0 Å². The number of carbonyl (C=O) groups is 1. The Balaban J connectivity index is 1.76. The second-order valence-electron chi connectivity index (χ2n) is 4.61. The number of ether oxygens (including phenoxy) is 1. The first kappa shape index (κ1) is 14.3. The third-order valence-corrected chi connectivity index (χ3v) is 3.09. The van der Waals surface area contributed by atoms with E-state index in [1.54, 1.807) is 6.07 Å². The molecule has 1 fully saturated rings. The van der Waals surface area contributed by atoms with E-state index in [1.165, 1.54) is 18.2 Å². The van der Waals surface area contributed by atoms with Crippen LogP contribution in [0.2, 0.25) is 0 Å². The van der Waals surface area contributed by atoms with Crippen molar-refractivity contribution < 1.29 is 14.5 Å². The standard InChI is InChI=1S/C13H17N3O4/c17-13(14-7-6-12-5-2-8-20-12)15-10-3-1-4-11(9-10)16(18)19/h1,3-4,9,12H,2,5-8H2,(H2,14,15,17)/t12-/m0/s1. The van der Waals surface area contributed by atoms with E-state index in [9.17, 15) is 14.9 Å². The molecule has 1 aliphatic heterocycles. The van der Waals surface area contributed by atoms with Gasteiger partial charge in [0.15, 0.2) is 0 Å². The van der Waals surface area contributed by atoms with Crippen LogP contribution in [0.5, 0.6) is 0 Å². The van der Waals surface area contributed by atoms with Gasteiger partial charge >= 0.3 is 6.03 Å². The Labute approximate surface area is 116 Å². The molecule has 1 aliphatic rings. The zero-order valence-corrected chi connectivity index (χ0v) is 11.0. The Morgan fingerprint density at radius 2 is 2.35 bits per heavy atom. The van der Waals surface area contributed by atoms with Crippen molar-refractivity contribution in [3.05, 3.63) is 34.4 Å². The minimum atomic E-state index is -0.499. The number of nitrogens with one attached hydrogen (secondary N) is 2. The fourth-order valence-electron chi connectivity index (χ4n) is 2.09. The molecular weight excluding hydrogens is 262 g/mol. The van der Waals surface area contributed by atoms with Crippen molar-refractivity contribution in [2.24, 2.45) is 0 Å². The third-order valence-electron chi connectivity index (χ3n) is 3.09. The Morgan fingerprint density at radius 3 is 3.05 bits per heavy atom. The monoisotopic (exact) mass is 279 g/mol. The number of amides is 2. The van der Waals surface area contributed by atoms with E-state index in [0.717, 1.165) is 25.9 Å². The third kappa shape index (κ3) is 4.20. The molecule has 7 nitrogen and oxygen atoms in total. The Bertz CT molecular complexity index is 486. The first-order valence-corrected chi connectivity index (χ1v) is 6.56. The van der Waals surface area contributed by atoms with Gasteiger partial charge in [-0.2, -0.15) is 0 Å². The number of hydrogen-bond donors (Lipinski definition) is 2. The maximum Gasteiger partial charge on any atom is 0.319 e. The van der Waals surface area contributed by atoms with Crippen molar-refractivity contribution in [3.63, 3.8) is 0 Å². The quantitative estimate of drug-likeness (QED) is 0.638. The number of hydrogen-bond acceptors (Lipinski definition) is 4. The maximum absolute atomic E-state index is 11.6. The van der Waals surface area contributed by atoms with E-state index in [-0.39, 0.29) is 17.8 Å². The average Bonchev–Trinajstić information content (AvgIpc) is 2.92. The Hall–Kier alpha value is -2.15. The summed E-state index contributed by atoms with van der Waals surface area (Å²) >= 11 is 0. The van der Waals surface area contributed by atoms with Crippen LogP contribution in [0, 0.1) is 10.1 Å². The lowest BCUT2D eigenvalue weighted by molar-refractivity contribution is -0.384. The number of nitro groups is 1. The molecule has 20 heavy (non-hydrogen) atoms. The molecule has 0 saturated carbocycles. The number of nitro benzene ring substituents is 1. The summed E-state index contributed by atoms with van der Waals surface area (Å²) in [6, 6.07) is 5.45. The fourth-order valence-corrected chi connectivity index (χ4v) is 2.09. The molecule has 1 aromatic rings. The molecule has 0 bridgehead atoms. The van der Waals surface area contributed by atoms with Crippen molar-refractivity contribution in [2.45, 2.75) is 25.4 Å². The molecule has 0 unspecified atom stereocenters. The molecule has 1 aromatic carbocycles. The van der Waals surface area contributed by atoms with E-state index in [1.807, 2.05) is 0 Å². The molecule has 0 radical (unpaired) electrons. The van der Waals surface area contributed by atoms with Gasteiger partial charge in [0.2, 0.25) is 0 Å². The Kier molecular flexibility index (Phi) is 4.89. The second-order valence-corrected chi connectivity index (χ2v) is 4.61. The van der Waals surface area contributed by atoms with E-state index in [4.69, 9.17) is 4.74 Å². The van der Waals surface area contributed by atoms with Gasteiger partial charge in [-0.05, 0) is 25.3 Å². The van der Waals surface area contributed by atoms with Crippen LogP contribution >= 0.6 is 0 Å². The van der Waals surface area contributed by atoms with Crippen molar-refractivity contribution in [1.29, 1.82) is 0 Å². The van der Waals surface area contributed by atoms with Gasteiger partial charge in [-0.1, -0.05) is 6.07 Å². The fraction of sp³-hybridized carbons (Fsp3) is 0.462.